The van der Waals surface area contributed by atoms with E-state index in [2.05, 4.69) is 65.7 Å². The number of benzene rings is 2. The molecule has 1 heterocycles. The quantitative estimate of drug-likeness (QED) is 0.233. The van der Waals surface area contributed by atoms with E-state index in [1.807, 2.05) is 6.07 Å². The molecule has 0 saturated carbocycles. The molecular formula is C33H48N2O5. The predicted molar refractivity (Wildman–Crippen MR) is 160 cm³/mol. The summed E-state index contributed by atoms with van der Waals surface area (Å²) in [6.07, 6.45) is 5.68. The van der Waals surface area contributed by atoms with E-state index in [0.29, 0.717) is 36.3 Å². The van der Waals surface area contributed by atoms with E-state index in [9.17, 15) is 19.8 Å². The number of aromatic carboxylic acids is 2. The van der Waals surface area contributed by atoms with Crippen LogP contribution in [0.25, 0.3) is 0 Å². The molecule has 0 saturated heterocycles. The fourth-order valence-electron chi connectivity index (χ4n) is 5.87. The summed E-state index contributed by atoms with van der Waals surface area (Å²) >= 11 is 0. The molecule has 2 aromatic carbocycles. The highest BCUT2D eigenvalue weighted by Gasteiger charge is 2.33. The monoisotopic (exact) mass is 552 g/mol. The SMILES string of the molecule is CN(C)CCCC(C)(C)Cc1cc2c(c(CC(C)(C)CCCN(C)C)c1C(=O)O)Cc1cc(C(=O)O)ccc1O2. The number of fused-ring (bicyclic) bond motifs is 2. The fraction of sp³-hybridized carbons (Fsp3) is 0.576. The minimum absolute atomic E-state index is 0.0874. The molecule has 220 valence electrons. The first-order chi connectivity index (χ1) is 18.6. The van der Waals surface area contributed by atoms with Crippen molar-refractivity contribution in [3.8, 4) is 11.5 Å². The lowest BCUT2D eigenvalue weighted by Gasteiger charge is -2.32. The normalized spacial score (nSPS) is 13.2. The van der Waals surface area contributed by atoms with Crippen molar-refractivity contribution in [2.75, 3.05) is 41.3 Å². The Bertz CT molecular complexity index is 1230. The molecule has 0 spiro atoms. The lowest BCUT2D eigenvalue weighted by atomic mass is 9.74. The van der Waals surface area contributed by atoms with Gasteiger partial charge in [-0.25, -0.2) is 9.59 Å². The first kappa shape index (κ1) is 31.6. The largest absolute Gasteiger partial charge is 0.478 e. The number of carbonyl (C=O) groups is 2. The molecule has 0 bridgehead atoms. The summed E-state index contributed by atoms with van der Waals surface area (Å²) in [6, 6.07) is 6.85. The number of hydrogen-bond donors (Lipinski definition) is 2. The maximum atomic E-state index is 13.0. The Morgan fingerprint density at radius 3 is 1.93 bits per heavy atom. The van der Waals surface area contributed by atoms with Crippen molar-refractivity contribution in [3.05, 3.63) is 57.6 Å². The molecule has 0 amide bonds. The maximum Gasteiger partial charge on any atom is 0.336 e. The molecule has 0 aliphatic carbocycles. The summed E-state index contributed by atoms with van der Waals surface area (Å²) in [4.78, 5) is 29.0. The summed E-state index contributed by atoms with van der Waals surface area (Å²) in [7, 11) is 8.27. The van der Waals surface area contributed by atoms with Crippen molar-refractivity contribution >= 4 is 11.9 Å². The van der Waals surface area contributed by atoms with E-state index < -0.39 is 11.9 Å². The molecule has 2 N–H and O–H groups in total. The molecule has 1 aliphatic rings. The van der Waals surface area contributed by atoms with Crippen LogP contribution in [0.1, 0.15) is 96.3 Å². The van der Waals surface area contributed by atoms with Crippen molar-refractivity contribution < 1.29 is 24.5 Å². The van der Waals surface area contributed by atoms with Gasteiger partial charge in [0, 0.05) is 17.5 Å². The summed E-state index contributed by atoms with van der Waals surface area (Å²) in [5, 5.41) is 20.2. The molecule has 0 fully saturated rings. The highest BCUT2D eigenvalue weighted by atomic mass is 16.5. The van der Waals surface area contributed by atoms with E-state index >= 15 is 0 Å². The van der Waals surface area contributed by atoms with Gasteiger partial charge in [-0.2, -0.15) is 0 Å². The van der Waals surface area contributed by atoms with E-state index in [0.717, 1.165) is 61.0 Å². The second-order valence-electron chi connectivity index (χ2n) is 13.6. The molecule has 0 radical (unpaired) electrons. The number of carboxylic acid groups (broad SMARTS) is 2. The van der Waals surface area contributed by atoms with E-state index in [1.165, 1.54) is 0 Å². The molecule has 40 heavy (non-hydrogen) atoms. The summed E-state index contributed by atoms with van der Waals surface area (Å²) in [5.41, 5.74) is 3.64. The van der Waals surface area contributed by atoms with Gasteiger partial charge in [-0.3, -0.25) is 0 Å². The number of rotatable bonds is 14. The summed E-state index contributed by atoms with van der Waals surface area (Å²) < 4.78 is 6.38. The molecule has 0 atom stereocenters. The molecule has 7 nitrogen and oxygen atoms in total. The van der Waals surface area contributed by atoms with Crippen LogP contribution in [-0.4, -0.2) is 73.2 Å². The number of ether oxygens (including phenoxy) is 1. The van der Waals surface area contributed by atoms with Crippen molar-refractivity contribution in [1.29, 1.82) is 0 Å². The van der Waals surface area contributed by atoms with Crippen LogP contribution >= 0.6 is 0 Å². The van der Waals surface area contributed by atoms with Crippen molar-refractivity contribution in [2.24, 2.45) is 10.8 Å². The highest BCUT2D eigenvalue weighted by molar-refractivity contribution is 5.93. The lowest BCUT2D eigenvalue weighted by molar-refractivity contribution is 0.0684. The number of hydrogen-bond acceptors (Lipinski definition) is 5. The van der Waals surface area contributed by atoms with Crippen molar-refractivity contribution in [3.63, 3.8) is 0 Å². The molecule has 0 aromatic heterocycles. The van der Waals surface area contributed by atoms with Crippen LogP contribution in [0.3, 0.4) is 0 Å². The first-order valence-electron chi connectivity index (χ1n) is 14.3. The van der Waals surface area contributed by atoms with Gasteiger partial charge in [-0.15, -0.1) is 0 Å². The smallest absolute Gasteiger partial charge is 0.336 e. The van der Waals surface area contributed by atoms with Crippen LogP contribution in [-0.2, 0) is 19.3 Å². The Kier molecular flexibility index (Phi) is 10.1. The third-order valence-corrected chi connectivity index (χ3v) is 7.94. The van der Waals surface area contributed by atoms with Gasteiger partial charge in [-0.1, -0.05) is 27.7 Å². The standard InChI is InChI=1S/C33H48N2O5/c1-32(2,13-9-15-34(5)6)20-24-19-28-25(18-23-17-22(30(36)37)11-12-27(23)40-28)26(29(24)31(38)39)21-33(3,4)14-10-16-35(7)8/h11-12,17,19H,9-10,13-16,18,20-21H2,1-8H3,(H,36,37)(H,38,39). The summed E-state index contributed by atoms with van der Waals surface area (Å²) in [6.45, 7) is 10.8. The Hall–Kier alpha value is -2.90. The highest BCUT2D eigenvalue weighted by Crippen LogP contribution is 2.44. The van der Waals surface area contributed by atoms with Gasteiger partial charge in [0.15, 0.2) is 0 Å². The van der Waals surface area contributed by atoms with Gasteiger partial charge in [0.2, 0.25) is 0 Å². The van der Waals surface area contributed by atoms with E-state index in [4.69, 9.17) is 4.74 Å². The second-order valence-corrected chi connectivity index (χ2v) is 13.6. The molecule has 7 heteroatoms. The minimum Gasteiger partial charge on any atom is -0.478 e. The van der Waals surface area contributed by atoms with Crippen LogP contribution in [0.2, 0.25) is 0 Å². The average molecular weight is 553 g/mol. The predicted octanol–water partition coefficient (Wildman–Crippen LogP) is 6.60. The average Bonchev–Trinajstić information content (AvgIpc) is 2.81. The third kappa shape index (κ3) is 8.31. The van der Waals surface area contributed by atoms with Gasteiger partial charge in [-0.05, 0) is 126 Å². The summed E-state index contributed by atoms with van der Waals surface area (Å²) in [5.74, 6) is -0.577. The van der Waals surface area contributed by atoms with Crippen LogP contribution in [0.5, 0.6) is 11.5 Å². The van der Waals surface area contributed by atoms with Crippen LogP contribution in [0.4, 0.5) is 0 Å². The molecule has 2 aromatic rings. The van der Waals surface area contributed by atoms with E-state index in [-0.39, 0.29) is 16.4 Å². The lowest BCUT2D eigenvalue weighted by Crippen LogP contribution is -2.25. The molecule has 0 unspecified atom stereocenters. The Balaban J connectivity index is 2.09. The maximum absolute atomic E-state index is 13.0. The number of nitrogens with zero attached hydrogens (tertiary/aromatic N) is 2. The Labute approximate surface area is 240 Å². The number of carboxylic acids is 2. The van der Waals surface area contributed by atoms with Gasteiger partial charge < -0.3 is 24.7 Å². The zero-order valence-corrected chi connectivity index (χ0v) is 25.7. The second kappa shape index (κ2) is 12.7. The minimum atomic E-state index is -0.992. The van der Waals surface area contributed by atoms with Gasteiger partial charge in [0.25, 0.3) is 0 Å². The van der Waals surface area contributed by atoms with Crippen LogP contribution < -0.4 is 4.74 Å². The Morgan fingerprint density at radius 1 is 0.825 bits per heavy atom. The van der Waals surface area contributed by atoms with Crippen molar-refractivity contribution in [2.45, 2.75) is 72.6 Å². The first-order valence-corrected chi connectivity index (χ1v) is 14.3. The third-order valence-electron chi connectivity index (χ3n) is 7.94. The Morgan fingerprint density at radius 2 is 1.40 bits per heavy atom. The molecule has 1 aliphatic heterocycles. The van der Waals surface area contributed by atoms with Crippen LogP contribution in [0, 0.1) is 10.8 Å². The van der Waals surface area contributed by atoms with Gasteiger partial charge in [0.1, 0.15) is 11.5 Å². The topological polar surface area (TPSA) is 90.3 Å². The van der Waals surface area contributed by atoms with Gasteiger partial charge in [0.05, 0.1) is 11.1 Å². The molecule has 3 rings (SSSR count). The van der Waals surface area contributed by atoms with Gasteiger partial charge >= 0.3 is 11.9 Å². The fourth-order valence-corrected chi connectivity index (χ4v) is 5.87. The zero-order valence-electron chi connectivity index (χ0n) is 25.7. The van der Waals surface area contributed by atoms with Crippen LogP contribution in [0.15, 0.2) is 24.3 Å². The van der Waals surface area contributed by atoms with Crippen molar-refractivity contribution in [1.82, 2.24) is 9.80 Å². The molecular weight excluding hydrogens is 504 g/mol. The van der Waals surface area contributed by atoms with E-state index in [1.54, 1.807) is 18.2 Å². The zero-order chi connectivity index (χ0) is 29.8.